The molecule has 2 heterocycles. The molecule has 124 valence electrons. The molecule has 2 N–H and O–H groups in total. The second kappa shape index (κ2) is 5.68. The number of hydrogen-bond acceptors (Lipinski definition) is 4. The van der Waals surface area contributed by atoms with Gasteiger partial charge in [0.1, 0.15) is 0 Å². The van der Waals surface area contributed by atoms with Gasteiger partial charge >= 0.3 is 11.8 Å². The molecule has 1 fully saturated rings. The minimum atomic E-state index is -1.30. The van der Waals surface area contributed by atoms with Crippen LogP contribution in [0.2, 0.25) is 0 Å². The summed E-state index contributed by atoms with van der Waals surface area (Å²) < 4.78 is 1.79. The third kappa shape index (κ3) is 2.43. The zero-order valence-electron chi connectivity index (χ0n) is 12.9. The predicted octanol–water partition coefficient (Wildman–Crippen LogP) is 2.73. The Morgan fingerprint density at radius 3 is 2.67 bits per heavy atom. The lowest BCUT2D eigenvalue weighted by Crippen LogP contribution is -2.38. The van der Waals surface area contributed by atoms with Crippen molar-refractivity contribution >= 4 is 28.0 Å². The highest BCUT2D eigenvalue weighted by molar-refractivity contribution is 6.04. The molecule has 4 rings (SSSR count). The van der Waals surface area contributed by atoms with Gasteiger partial charge in [-0.25, -0.2) is 9.59 Å². The molecule has 1 aliphatic heterocycles. The number of imidazole rings is 1. The van der Waals surface area contributed by atoms with Crippen LogP contribution in [0.15, 0.2) is 41.2 Å². The molecule has 24 heavy (non-hydrogen) atoms. The maximum Gasteiger partial charge on any atom is 0.525 e. The first kappa shape index (κ1) is 14.8. The van der Waals surface area contributed by atoms with Crippen LogP contribution in [0.3, 0.4) is 0 Å². The molecule has 1 saturated heterocycles. The minimum absolute atomic E-state index is 0.0288. The Kier molecular flexibility index (Phi) is 3.50. The van der Waals surface area contributed by atoms with Gasteiger partial charge in [-0.2, -0.15) is 0 Å². The fraction of sp³-hybridized carbons (Fsp3) is 0.294. The van der Waals surface area contributed by atoms with E-state index in [1.54, 1.807) is 4.57 Å². The highest BCUT2D eigenvalue weighted by Gasteiger charge is 2.25. The van der Waals surface area contributed by atoms with E-state index in [1.165, 1.54) is 5.06 Å². The first-order valence-electron chi connectivity index (χ1n) is 7.91. The summed E-state index contributed by atoms with van der Waals surface area (Å²) in [7, 11) is 0. The minimum Gasteiger partial charge on any atom is -0.448 e. The monoisotopic (exact) mass is 327 g/mol. The van der Waals surface area contributed by atoms with Crippen LogP contribution in [-0.2, 0) is 4.84 Å². The topological polar surface area (TPSA) is 87.6 Å². The van der Waals surface area contributed by atoms with Crippen molar-refractivity contribution in [3.8, 4) is 0 Å². The van der Waals surface area contributed by atoms with Gasteiger partial charge in [-0.15, -0.1) is 5.06 Å². The number of fused-ring (bicyclic) bond motifs is 3. The van der Waals surface area contributed by atoms with Crippen molar-refractivity contribution in [2.24, 2.45) is 0 Å². The van der Waals surface area contributed by atoms with E-state index in [4.69, 9.17) is 5.11 Å². The van der Waals surface area contributed by atoms with E-state index in [0.717, 1.165) is 21.8 Å². The van der Waals surface area contributed by atoms with E-state index in [1.807, 2.05) is 36.4 Å². The molecule has 1 aliphatic rings. The van der Waals surface area contributed by atoms with Gasteiger partial charge in [0.25, 0.3) is 0 Å². The summed E-state index contributed by atoms with van der Waals surface area (Å²) in [5.41, 5.74) is 1.61. The summed E-state index contributed by atoms with van der Waals surface area (Å²) in [6, 6.07) is 12.0. The SMILES string of the molecule is O=C(O)ON1CCC(n2c(=O)[nH]c3c4ccccc4ccc32)CC1. The van der Waals surface area contributed by atoms with Crippen LogP contribution in [0.25, 0.3) is 21.8 Å². The number of nitrogens with one attached hydrogen (secondary N) is 1. The second-order valence-corrected chi connectivity index (χ2v) is 6.00. The van der Waals surface area contributed by atoms with Crippen molar-refractivity contribution in [2.45, 2.75) is 18.9 Å². The zero-order chi connectivity index (χ0) is 16.7. The Balaban J connectivity index is 1.70. The van der Waals surface area contributed by atoms with Crippen molar-refractivity contribution in [1.29, 1.82) is 0 Å². The lowest BCUT2D eigenvalue weighted by atomic mass is 10.1. The third-order valence-corrected chi connectivity index (χ3v) is 4.61. The smallest absolute Gasteiger partial charge is 0.448 e. The molecule has 0 atom stereocenters. The Morgan fingerprint density at radius 1 is 1.17 bits per heavy atom. The van der Waals surface area contributed by atoms with E-state index in [2.05, 4.69) is 9.82 Å². The number of aromatic nitrogens is 2. The number of hydrogen-bond donors (Lipinski definition) is 2. The van der Waals surface area contributed by atoms with Gasteiger partial charge in [0.05, 0.1) is 11.0 Å². The van der Waals surface area contributed by atoms with E-state index in [0.29, 0.717) is 25.9 Å². The maximum absolute atomic E-state index is 12.5. The molecular weight excluding hydrogens is 310 g/mol. The van der Waals surface area contributed by atoms with Crippen molar-refractivity contribution < 1.29 is 14.7 Å². The second-order valence-electron chi connectivity index (χ2n) is 6.00. The number of piperidine rings is 1. The van der Waals surface area contributed by atoms with Gasteiger partial charge in [-0.1, -0.05) is 30.3 Å². The molecule has 2 aromatic carbocycles. The van der Waals surface area contributed by atoms with Crippen LogP contribution in [0, 0.1) is 0 Å². The fourth-order valence-electron chi connectivity index (χ4n) is 3.53. The lowest BCUT2D eigenvalue weighted by molar-refractivity contribution is -0.134. The van der Waals surface area contributed by atoms with Crippen LogP contribution < -0.4 is 5.69 Å². The van der Waals surface area contributed by atoms with Gasteiger partial charge in [-0.05, 0) is 24.3 Å². The number of carbonyl (C=O) groups is 1. The molecule has 7 heteroatoms. The highest BCUT2D eigenvalue weighted by atomic mass is 16.8. The number of nitrogens with zero attached hydrogens (tertiary/aromatic N) is 2. The van der Waals surface area contributed by atoms with Gasteiger partial charge < -0.3 is 14.9 Å². The van der Waals surface area contributed by atoms with Crippen LogP contribution >= 0.6 is 0 Å². The quantitative estimate of drug-likeness (QED) is 0.755. The summed E-state index contributed by atoms with van der Waals surface area (Å²) in [5, 5.41) is 12.2. The van der Waals surface area contributed by atoms with Crippen molar-refractivity contribution in [2.75, 3.05) is 13.1 Å². The standard InChI is InChI=1S/C17H17N3O4/c21-16-18-15-13-4-2-1-3-11(13)5-6-14(15)20(16)12-7-9-19(10-8-12)24-17(22)23/h1-6,12H,7-10H2,(H,18,21)(H,22,23). The average molecular weight is 327 g/mol. The summed E-state index contributed by atoms with van der Waals surface area (Å²) in [5.74, 6) is 0. The molecule has 0 unspecified atom stereocenters. The summed E-state index contributed by atoms with van der Waals surface area (Å²) in [6.07, 6.45) is 0.0177. The van der Waals surface area contributed by atoms with E-state index in [9.17, 15) is 9.59 Å². The normalized spacial score (nSPS) is 16.7. The highest BCUT2D eigenvalue weighted by Crippen LogP contribution is 2.28. The average Bonchev–Trinajstić information content (AvgIpc) is 2.91. The largest absolute Gasteiger partial charge is 0.525 e. The third-order valence-electron chi connectivity index (χ3n) is 4.61. The number of benzene rings is 2. The van der Waals surface area contributed by atoms with Crippen LogP contribution in [0.1, 0.15) is 18.9 Å². The fourth-order valence-corrected chi connectivity index (χ4v) is 3.53. The molecular formula is C17H17N3O4. The van der Waals surface area contributed by atoms with Crippen molar-refractivity contribution in [3.63, 3.8) is 0 Å². The predicted molar refractivity (Wildman–Crippen MR) is 89.0 cm³/mol. The molecule has 0 amide bonds. The molecule has 1 aromatic heterocycles. The van der Waals surface area contributed by atoms with Crippen LogP contribution in [-0.4, -0.2) is 39.0 Å². The number of carboxylic acid groups (broad SMARTS) is 1. The lowest BCUT2D eigenvalue weighted by Gasteiger charge is -2.30. The molecule has 0 saturated carbocycles. The molecule has 0 aliphatic carbocycles. The maximum atomic E-state index is 12.5. The number of H-pyrrole nitrogens is 1. The Bertz CT molecular complexity index is 967. The van der Waals surface area contributed by atoms with Crippen LogP contribution in [0.4, 0.5) is 4.79 Å². The van der Waals surface area contributed by atoms with Gasteiger partial charge in [0.15, 0.2) is 0 Å². The Morgan fingerprint density at radius 2 is 1.92 bits per heavy atom. The number of hydroxylamine groups is 2. The summed E-state index contributed by atoms with van der Waals surface area (Å²) in [4.78, 5) is 30.8. The van der Waals surface area contributed by atoms with E-state index in [-0.39, 0.29) is 11.7 Å². The molecule has 3 aromatic rings. The molecule has 0 radical (unpaired) electrons. The summed E-state index contributed by atoms with van der Waals surface area (Å²) >= 11 is 0. The van der Waals surface area contributed by atoms with E-state index >= 15 is 0 Å². The first-order valence-corrected chi connectivity index (χ1v) is 7.91. The van der Waals surface area contributed by atoms with Gasteiger partial charge in [-0.3, -0.25) is 4.57 Å². The van der Waals surface area contributed by atoms with E-state index < -0.39 is 6.16 Å². The summed E-state index contributed by atoms with van der Waals surface area (Å²) in [6.45, 7) is 0.952. The number of rotatable bonds is 2. The van der Waals surface area contributed by atoms with Crippen molar-refractivity contribution in [3.05, 3.63) is 46.9 Å². The van der Waals surface area contributed by atoms with Gasteiger partial charge in [0.2, 0.25) is 0 Å². The first-order chi connectivity index (χ1) is 11.6. The van der Waals surface area contributed by atoms with Crippen LogP contribution in [0.5, 0.6) is 0 Å². The van der Waals surface area contributed by atoms with Gasteiger partial charge in [0, 0.05) is 24.5 Å². The molecule has 7 nitrogen and oxygen atoms in total. The van der Waals surface area contributed by atoms with Crippen molar-refractivity contribution in [1.82, 2.24) is 14.6 Å². The Hall–Kier alpha value is -2.80. The number of aromatic amines is 1. The molecule has 0 bridgehead atoms. The molecule has 0 spiro atoms. The zero-order valence-corrected chi connectivity index (χ0v) is 12.9. The Labute approximate surface area is 137 Å².